The van der Waals surface area contributed by atoms with Crippen LogP contribution in [0.15, 0.2) is 65.1 Å². The van der Waals surface area contributed by atoms with Gasteiger partial charge >= 0.3 is 5.97 Å². The van der Waals surface area contributed by atoms with Crippen molar-refractivity contribution in [3.05, 3.63) is 83.1 Å². The molecule has 1 aromatic heterocycles. The molecule has 0 radical (unpaired) electrons. The number of nitrogens with one attached hydrogen (secondary N) is 1. The summed E-state index contributed by atoms with van der Waals surface area (Å²) >= 11 is 0. The van der Waals surface area contributed by atoms with Crippen LogP contribution in [0.3, 0.4) is 0 Å². The van der Waals surface area contributed by atoms with Gasteiger partial charge in [0.25, 0.3) is 5.91 Å². The van der Waals surface area contributed by atoms with Crippen LogP contribution in [0.5, 0.6) is 0 Å². The number of carbonyl (C=O) groups is 3. The largest absolute Gasteiger partial charge is 0.450 e. The first-order valence-electron chi connectivity index (χ1n) is 10.1. The summed E-state index contributed by atoms with van der Waals surface area (Å²) in [5.41, 5.74) is 3.52. The number of rotatable bonds is 8. The molecule has 2 aromatic carbocycles. The summed E-state index contributed by atoms with van der Waals surface area (Å²) in [6.07, 6.45) is 0.954. The Hall–Kier alpha value is -3.67. The Bertz CT molecular complexity index is 1060. The van der Waals surface area contributed by atoms with Gasteiger partial charge < -0.3 is 14.5 Å². The molecule has 3 aromatic rings. The normalized spacial score (nSPS) is 11.6. The lowest BCUT2D eigenvalue weighted by Crippen LogP contribution is -2.31. The topological polar surface area (TPSA) is 85.6 Å². The highest BCUT2D eigenvalue weighted by molar-refractivity contribution is 5.94. The van der Waals surface area contributed by atoms with Gasteiger partial charge in [-0.25, -0.2) is 4.79 Å². The molecule has 1 N–H and O–H groups in total. The first kappa shape index (κ1) is 22.0. The summed E-state index contributed by atoms with van der Waals surface area (Å²) < 4.78 is 10.6. The second-order valence-corrected chi connectivity index (χ2v) is 7.26. The molecule has 6 heteroatoms. The van der Waals surface area contributed by atoms with E-state index < -0.39 is 18.5 Å². The van der Waals surface area contributed by atoms with Crippen molar-refractivity contribution >= 4 is 17.7 Å². The zero-order valence-electron chi connectivity index (χ0n) is 17.8. The predicted molar refractivity (Wildman–Crippen MR) is 117 cm³/mol. The molecule has 160 valence electrons. The van der Waals surface area contributed by atoms with Crippen LogP contribution >= 0.6 is 0 Å². The van der Waals surface area contributed by atoms with Crippen LogP contribution in [0.4, 0.5) is 0 Å². The maximum Gasteiger partial charge on any atom is 0.374 e. The highest BCUT2D eigenvalue weighted by atomic mass is 16.5. The molecule has 1 amide bonds. The minimum atomic E-state index is -0.721. The van der Waals surface area contributed by atoms with E-state index in [9.17, 15) is 14.4 Å². The zero-order chi connectivity index (χ0) is 22.4. The third-order valence-corrected chi connectivity index (χ3v) is 4.98. The van der Waals surface area contributed by atoms with E-state index in [4.69, 9.17) is 9.15 Å². The van der Waals surface area contributed by atoms with Crippen LogP contribution in [-0.2, 0) is 16.0 Å². The molecule has 1 heterocycles. The second kappa shape index (κ2) is 9.89. The molecule has 0 saturated heterocycles. The molecule has 0 unspecified atom stereocenters. The molecule has 0 aliphatic heterocycles. The zero-order valence-corrected chi connectivity index (χ0v) is 17.8. The van der Waals surface area contributed by atoms with Crippen molar-refractivity contribution in [1.82, 2.24) is 5.32 Å². The van der Waals surface area contributed by atoms with Gasteiger partial charge in [-0.05, 0) is 43.5 Å². The molecule has 0 aliphatic carbocycles. The monoisotopic (exact) mass is 419 g/mol. The first-order valence-corrected chi connectivity index (χ1v) is 10.1. The molecule has 31 heavy (non-hydrogen) atoms. The van der Waals surface area contributed by atoms with Crippen molar-refractivity contribution in [2.75, 3.05) is 6.61 Å². The Morgan fingerprint density at radius 1 is 0.968 bits per heavy atom. The Morgan fingerprint density at radius 3 is 2.26 bits per heavy atom. The number of benzene rings is 2. The van der Waals surface area contributed by atoms with Gasteiger partial charge in [-0.2, -0.15) is 0 Å². The molecular formula is C25H25NO5. The van der Waals surface area contributed by atoms with Gasteiger partial charge in [-0.15, -0.1) is 0 Å². The highest BCUT2D eigenvalue weighted by Gasteiger charge is 2.17. The predicted octanol–water partition coefficient (Wildman–Crippen LogP) is 4.75. The number of Topliss-reactive ketones (excluding diaryl/α,β-unsaturated/α-hetero) is 1. The Morgan fingerprint density at radius 2 is 1.65 bits per heavy atom. The summed E-state index contributed by atoms with van der Waals surface area (Å²) in [5, 5.41) is 2.81. The van der Waals surface area contributed by atoms with E-state index in [1.807, 2.05) is 31.2 Å². The summed E-state index contributed by atoms with van der Waals surface area (Å²) in [5.74, 6) is -0.674. The molecule has 3 rings (SSSR count). The SMILES string of the molecule is CCc1ccc([C@@H](C)NC(=O)COC(=O)c2ccc(-c3ccc(C(C)=O)cc3)o2)cc1. The molecule has 0 fully saturated rings. The standard InChI is InChI=1S/C25H25NO5/c1-4-18-5-7-19(8-6-18)16(2)26-24(28)15-30-25(29)23-14-13-22(31-23)21-11-9-20(10-12-21)17(3)27/h5-14,16H,4,15H2,1-3H3,(H,26,28)/t16-/m1/s1. The maximum atomic E-state index is 12.2. The fourth-order valence-electron chi connectivity index (χ4n) is 3.08. The molecular weight excluding hydrogens is 394 g/mol. The van der Waals surface area contributed by atoms with Crippen LogP contribution in [0.1, 0.15) is 58.9 Å². The van der Waals surface area contributed by atoms with E-state index in [1.54, 1.807) is 30.3 Å². The van der Waals surface area contributed by atoms with Crippen LogP contribution in [-0.4, -0.2) is 24.3 Å². The lowest BCUT2D eigenvalue weighted by Gasteiger charge is -2.14. The van der Waals surface area contributed by atoms with Crippen molar-refractivity contribution in [3.63, 3.8) is 0 Å². The fraction of sp³-hybridized carbons (Fsp3) is 0.240. The van der Waals surface area contributed by atoms with E-state index in [2.05, 4.69) is 12.2 Å². The number of ketones is 1. The molecule has 1 atom stereocenters. The lowest BCUT2D eigenvalue weighted by molar-refractivity contribution is -0.124. The van der Waals surface area contributed by atoms with E-state index in [-0.39, 0.29) is 17.6 Å². The van der Waals surface area contributed by atoms with Crippen molar-refractivity contribution in [2.24, 2.45) is 0 Å². The maximum absolute atomic E-state index is 12.2. The van der Waals surface area contributed by atoms with Gasteiger partial charge in [0.05, 0.1) is 6.04 Å². The number of amides is 1. The third kappa shape index (κ3) is 5.69. The first-order chi connectivity index (χ1) is 14.9. The Kier molecular flexibility index (Phi) is 7.03. The number of furan rings is 1. The number of hydrogen-bond acceptors (Lipinski definition) is 5. The summed E-state index contributed by atoms with van der Waals surface area (Å²) in [6.45, 7) is 5.05. The Labute approximate surface area is 181 Å². The van der Waals surface area contributed by atoms with Gasteiger partial charge in [0.15, 0.2) is 12.4 Å². The van der Waals surface area contributed by atoms with E-state index in [1.165, 1.54) is 18.6 Å². The number of carbonyl (C=O) groups excluding carboxylic acids is 3. The second-order valence-electron chi connectivity index (χ2n) is 7.26. The molecule has 0 saturated carbocycles. The smallest absolute Gasteiger partial charge is 0.374 e. The van der Waals surface area contributed by atoms with E-state index in [0.717, 1.165) is 17.5 Å². The van der Waals surface area contributed by atoms with Crippen molar-refractivity contribution in [1.29, 1.82) is 0 Å². The van der Waals surface area contributed by atoms with Crippen LogP contribution < -0.4 is 5.32 Å². The molecule has 0 aliphatic rings. The average Bonchev–Trinajstić information content (AvgIpc) is 3.28. The van der Waals surface area contributed by atoms with E-state index in [0.29, 0.717) is 11.3 Å². The van der Waals surface area contributed by atoms with Gasteiger partial charge in [0.1, 0.15) is 5.76 Å². The van der Waals surface area contributed by atoms with Crippen LogP contribution in [0.2, 0.25) is 0 Å². The molecule has 0 bridgehead atoms. The number of esters is 1. The van der Waals surface area contributed by atoms with Crippen LogP contribution in [0.25, 0.3) is 11.3 Å². The fourth-order valence-corrected chi connectivity index (χ4v) is 3.08. The summed E-state index contributed by atoms with van der Waals surface area (Å²) in [4.78, 5) is 35.7. The minimum Gasteiger partial charge on any atom is -0.450 e. The third-order valence-electron chi connectivity index (χ3n) is 4.98. The van der Waals surface area contributed by atoms with Gasteiger partial charge in [0, 0.05) is 11.1 Å². The van der Waals surface area contributed by atoms with E-state index >= 15 is 0 Å². The average molecular weight is 419 g/mol. The van der Waals surface area contributed by atoms with Crippen LogP contribution in [0, 0.1) is 0 Å². The van der Waals surface area contributed by atoms with Crippen molar-refractivity contribution in [3.8, 4) is 11.3 Å². The number of ether oxygens (including phenoxy) is 1. The quantitative estimate of drug-likeness (QED) is 0.421. The van der Waals surface area contributed by atoms with Crippen molar-refractivity contribution in [2.45, 2.75) is 33.2 Å². The number of hydrogen-bond donors (Lipinski definition) is 1. The summed E-state index contributed by atoms with van der Waals surface area (Å²) in [7, 11) is 0. The van der Waals surface area contributed by atoms with Crippen molar-refractivity contribution < 1.29 is 23.5 Å². The molecule has 6 nitrogen and oxygen atoms in total. The highest BCUT2D eigenvalue weighted by Crippen LogP contribution is 2.23. The lowest BCUT2D eigenvalue weighted by atomic mass is 10.1. The summed E-state index contributed by atoms with van der Waals surface area (Å²) in [6, 6.07) is 17.8. The number of aryl methyl sites for hydroxylation is 1. The Balaban J connectivity index is 1.53. The van der Waals surface area contributed by atoms with Gasteiger partial charge in [-0.1, -0.05) is 55.5 Å². The van der Waals surface area contributed by atoms with Gasteiger partial charge in [-0.3, -0.25) is 9.59 Å². The minimum absolute atomic E-state index is 0.00153. The molecule has 0 spiro atoms. The van der Waals surface area contributed by atoms with Gasteiger partial charge in [0.2, 0.25) is 5.76 Å².